The summed E-state index contributed by atoms with van der Waals surface area (Å²) in [6.45, 7) is 15.0. The molecule has 0 aliphatic carbocycles. The summed E-state index contributed by atoms with van der Waals surface area (Å²) in [5.41, 5.74) is 5.24. The molecule has 6 rings (SSSR count). The van der Waals surface area contributed by atoms with Gasteiger partial charge in [-0.15, -0.1) is 0 Å². The lowest BCUT2D eigenvalue weighted by Gasteiger charge is -2.42. The highest BCUT2D eigenvalue weighted by Gasteiger charge is 2.27. The van der Waals surface area contributed by atoms with Gasteiger partial charge in [0, 0.05) is 87.3 Å². The van der Waals surface area contributed by atoms with Crippen molar-refractivity contribution < 1.29 is 4.74 Å². The third-order valence-corrected chi connectivity index (χ3v) is 9.80. The number of nitrogens with zero attached hydrogens (tertiary/aromatic N) is 7. The van der Waals surface area contributed by atoms with Gasteiger partial charge in [0.05, 0.1) is 28.9 Å². The van der Waals surface area contributed by atoms with Crippen LogP contribution in [0.5, 0.6) is 5.75 Å². The molecule has 0 unspecified atom stereocenters. The van der Waals surface area contributed by atoms with Crippen LogP contribution in [0.3, 0.4) is 0 Å². The number of ether oxygens (including phenoxy) is 1. The largest absolute Gasteiger partial charge is 0.494 e. The average Bonchev–Trinajstić information content (AvgIpc) is 3.08. The predicted octanol–water partition coefficient (Wildman–Crippen LogP) is 5.78. The topological polar surface area (TPSA) is 107 Å². The first-order chi connectivity index (χ1) is 22.4. The van der Waals surface area contributed by atoms with Crippen LogP contribution in [0.4, 0.5) is 28.8 Å². The highest BCUT2D eigenvalue weighted by Crippen LogP contribution is 2.36. The molecular formula is C34H44N10OS. The summed E-state index contributed by atoms with van der Waals surface area (Å²) in [4.78, 5) is 27.0. The number of hydrogen-bond acceptors (Lipinski definition) is 12. The molecule has 0 amide bonds. The van der Waals surface area contributed by atoms with Crippen LogP contribution in [0, 0.1) is 0 Å². The van der Waals surface area contributed by atoms with E-state index in [0.29, 0.717) is 17.8 Å². The molecule has 2 fully saturated rings. The highest BCUT2D eigenvalue weighted by molar-refractivity contribution is 7.97. The molecule has 0 saturated carbocycles. The minimum Gasteiger partial charge on any atom is -0.494 e. The fraction of sp³-hybridized carbons (Fsp3) is 0.412. The molecule has 2 aromatic heterocycles. The Labute approximate surface area is 276 Å². The molecule has 2 aliphatic rings. The van der Waals surface area contributed by atoms with Crippen molar-refractivity contribution >= 4 is 57.9 Å². The van der Waals surface area contributed by atoms with Crippen LogP contribution in [0.2, 0.25) is 0 Å². The summed E-state index contributed by atoms with van der Waals surface area (Å²) in [5.74, 6) is 1.82. The van der Waals surface area contributed by atoms with E-state index in [4.69, 9.17) is 9.72 Å². The van der Waals surface area contributed by atoms with Gasteiger partial charge in [0.25, 0.3) is 0 Å². The van der Waals surface area contributed by atoms with E-state index in [9.17, 15) is 0 Å². The van der Waals surface area contributed by atoms with Gasteiger partial charge in [-0.05, 0) is 70.0 Å². The number of piperazine rings is 1. The summed E-state index contributed by atoms with van der Waals surface area (Å²) < 4.78 is 9.27. The molecule has 2 aliphatic heterocycles. The van der Waals surface area contributed by atoms with E-state index in [1.807, 2.05) is 18.2 Å². The van der Waals surface area contributed by atoms with E-state index < -0.39 is 0 Å². The Morgan fingerprint density at radius 2 is 1.72 bits per heavy atom. The Morgan fingerprint density at radius 3 is 2.46 bits per heavy atom. The minimum atomic E-state index is 0.277. The van der Waals surface area contributed by atoms with E-state index in [0.717, 1.165) is 64.8 Å². The van der Waals surface area contributed by atoms with Gasteiger partial charge < -0.3 is 25.2 Å². The first kappa shape index (κ1) is 32.0. The zero-order valence-electron chi connectivity index (χ0n) is 27.2. The number of piperidine rings is 1. The summed E-state index contributed by atoms with van der Waals surface area (Å²) in [7, 11) is 3.92. The van der Waals surface area contributed by atoms with E-state index >= 15 is 0 Å². The SMILES string of the molecule is C=Cc1cnc(Nc2ccc(N3CCC(N4CCN(C)CC4)CC3)cc2OC)nc1Nc1ccc2nccnc2c1SNC(C)C. The minimum absolute atomic E-state index is 0.277. The van der Waals surface area contributed by atoms with Gasteiger partial charge in [0.2, 0.25) is 5.95 Å². The van der Waals surface area contributed by atoms with Crippen LogP contribution < -0.4 is 25.0 Å². The number of aromatic nitrogens is 4. The number of likely N-dealkylation sites (N-methyl/N-ethyl adjacent to an activating group) is 1. The molecule has 46 heavy (non-hydrogen) atoms. The number of methoxy groups -OCH3 is 1. The monoisotopic (exact) mass is 640 g/mol. The zero-order chi connectivity index (χ0) is 32.0. The van der Waals surface area contributed by atoms with Gasteiger partial charge >= 0.3 is 0 Å². The lowest BCUT2D eigenvalue weighted by molar-refractivity contribution is 0.0982. The van der Waals surface area contributed by atoms with E-state index in [-0.39, 0.29) is 6.04 Å². The molecule has 2 aromatic carbocycles. The Morgan fingerprint density at radius 1 is 0.957 bits per heavy atom. The molecule has 11 nitrogen and oxygen atoms in total. The maximum Gasteiger partial charge on any atom is 0.229 e. The molecule has 0 atom stereocenters. The van der Waals surface area contributed by atoms with Crippen molar-refractivity contribution in [3.8, 4) is 5.75 Å². The van der Waals surface area contributed by atoms with Crippen molar-refractivity contribution in [2.45, 2.75) is 43.7 Å². The quantitative estimate of drug-likeness (QED) is 0.173. The van der Waals surface area contributed by atoms with Gasteiger partial charge in [-0.25, -0.2) is 4.98 Å². The third kappa shape index (κ3) is 7.36. The van der Waals surface area contributed by atoms with Crippen molar-refractivity contribution in [1.82, 2.24) is 34.5 Å². The Balaban J connectivity index is 1.18. The molecule has 0 bridgehead atoms. The molecular weight excluding hydrogens is 597 g/mol. The van der Waals surface area contributed by atoms with Crippen molar-refractivity contribution in [2.24, 2.45) is 0 Å². The second kappa shape index (κ2) is 14.6. The predicted molar refractivity (Wildman–Crippen MR) is 190 cm³/mol. The number of anilines is 5. The van der Waals surface area contributed by atoms with Crippen LogP contribution in [0.15, 0.2) is 60.4 Å². The number of nitrogens with one attached hydrogen (secondary N) is 3. The molecule has 2 saturated heterocycles. The number of fused-ring (bicyclic) bond motifs is 1. The Kier molecular flexibility index (Phi) is 10.2. The Hall–Kier alpha value is -3.97. The molecule has 4 aromatic rings. The van der Waals surface area contributed by atoms with Gasteiger partial charge in [-0.2, -0.15) is 4.98 Å². The lowest BCUT2D eigenvalue weighted by Crippen LogP contribution is -2.52. The maximum absolute atomic E-state index is 5.84. The fourth-order valence-electron chi connectivity index (χ4n) is 5.99. The van der Waals surface area contributed by atoms with Crippen LogP contribution in [-0.4, -0.2) is 95.2 Å². The van der Waals surface area contributed by atoms with E-state index in [1.165, 1.54) is 43.6 Å². The molecule has 0 spiro atoms. The van der Waals surface area contributed by atoms with E-state index in [1.54, 1.807) is 31.8 Å². The molecule has 0 radical (unpaired) electrons. The first-order valence-electron chi connectivity index (χ1n) is 16.0. The smallest absolute Gasteiger partial charge is 0.229 e. The van der Waals surface area contributed by atoms with Gasteiger partial charge in [-0.1, -0.05) is 12.7 Å². The zero-order valence-corrected chi connectivity index (χ0v) is 28.0. The normalized spacial score (nSPS) is 16.6. The number of hydrogen-bond donors (Lipinski definition) is 3. The van der Waals surface area contributed by atoms with Gasteiger partial charge in [0.15, 0.2) is 0 Å². The standard InChI is InChI=1S/C34H44N10OS/c1-6-24-22-37-34(40-33(24)38-29-10-9-28-31(36-14-13-35-28)32(29)46-41-23(2)3)39-27-8-7-26(21-30(27)45-5)43-15-11-25(12-16-43)44-19-17-42(4)18-20-44/h6-10,13-14,21-23,25,41H,1,11-12,15-20H2,2-5H3,(H2,37,38,39,40). The maximum atomic E-state index is 5.84. The number of rotatable bonds is 11. The summed E-state index contributed by atoms with van der Waals surface area (Å²) in [5, 5.41) is 6.89. The summed E-state index contributed by atoms with van der Waals surface area (Å²) in [6, 6.07) is 11.2. The lowest BCUT2D eigenvalue weighted by atomic mass is 10.0. The molecule has 242 valence electrons. The second-order valence-electron chi connectivity index (χ2n) is 12.1. The van der Waals surface area contributed by atoms with E-state index in [2.05, 4.69) is 84.6 Å². The van der Waals surface area contributed by atoms with Crippen LogP contribution in [-0.2, 0) is 0 Å². The summed E-state index contributed by atoms with van der Waals surface area (Å²) in [6.07, 6.45) is 9.29. The van der Waals surface area contributed by atoms with Crippen molar-refractivity contribution in [3.05, 3.63) is 61.1 Å². The second-order valence-corrected chi connectivity index (χ2v) is 13.0. The van der Waals surface area contributed by atoms with Crippen molar-refractivity contribution in [3.63, 3.8) is 0 Å². The average molecular weight is 641 g/mol. The fourth-order valence-corrected chi connectivity index (χ4v) is 6.83. The molecule has 4 heterocycles. The van der Waals surface area contributed by atoms with Crippen LogP contribution in [0.25, 0.3) is 17.1 Å². The van der Waals surface area contributed by atoms with Crippen molar-refractivity contribution in [1.29, 1.82) is 0 Å². The third-order valence-electron chi connectivity index (χ3n) is 8.60. The van der Waals surface area contributed by atoms with Gasteiger partial charge in [-0.3, -0.25) is 19.6 Å². The molecule has 3 N–H and O–H groups in total. The summed E-state index contributed by atoms with van der Waals surface area (Å²) >= 11 is 1.52. The Bertz CT molecular complexity index is 1650. The van der Waals surface area contributed by atoms with Gasteiger partial charge in [0.1, 0.15) is 17.1 Å². The first-order valence-corrected chi connectivity index (χ1v) is 16.8. The molecule has 12 heteroatoms. The van der Waals surface area contributed by atoms with Crippen LogP contribution >= 0.6 is 11.9 Å². The number of benzene rings is 2. The van der Waals surface area contributed by atoms with Crippen molar-refractivity contribution in [2.75, 3.05) is 69.0 Å². The van der Waals surface area contributed by atoms with Crippen LogP contribution in [0.1, 0.15) is 32.3 Å². The highest BCUT2D eigenvalue weighted by atomic mass is 32.2.